The van der Waals surface area contributed by atoms with Gasteiger partial charge in [0.1, 0.15) is 17.1 Å². The molecular weight excluding hydrogens is 406 g/mol. The van der Waals surface area contributed by atoms with Gasteiger partial charge in [-0.2, -0.15) is 0 Å². The number of hydrogen-bond donors (Lipinski definition) is 1. The Balaban J connectivity index is 1.62. The second kappa shape index (κ2) is 9.39. The maximum Gasteiger partial charge on any atom is 0.230 e. The van der Waals surface area contributed by atoms with Gasteiger partial charge in [-0.15, -0.1) is 0 Å². The highest BCUT2D eigenvalue weighted by Crippen LogP contribution is 2.33. The van der Waals surface area contributed by atoms with Crippen molar-refractivity contribution in [2.75, 3.05) is 19.0 Å². The molecule has 32 heavy (non-hydrogen) atoms. The number of furan rings is 1. The molecule has 0 unspecified atom stereocenters. The summed E-state index contributed by atoms with van der Waals surface area (Å²) in [6.45, 7) is 2.44. The molecule has 1 heterocycles. The zero-order valence-electron chi connectivity index (χ0n) is 17.9. The summed E-state index contributed by atoms with van der Waals surface area (Å²) < 4.78 is 16.5. The molecule has 0 fully saturated rings. The lowest BCUT2D eigenvalue weighted by Gasteiger charge is -2.08. The summed E-state index contributed by atoms with van der Waals surface area (Å²) in [5.41, 5.74) is 2.17. The Labute approximate surface area is 185 Å². The van der Waals surface area contributed by atoms with Gasteiger partial charge in [-0.1, -0.05) is 24.3 Å². The van der Waals surface area contributed by atoms with Crippen molar-refractivity contribution in [2.24, 2.45) is 0 Å². The number of ketones is 1. The summed E-state index contributed by atoms with van der Waals surface area (Å²) in [7, 11) is 1.59. The molecule has 0 aliphatic heterocycles. The van der Waals surface area contributed by atoms with Gasteiger partial charge in [0.25, 0.3) is 0 Å². The van der Waals surface area contributed by atoms with Crippen LogP contribution in [0.25, 0.3) is 11.0 Å². The highest BCUT2D eigenvalue weighted by Gasteiger charge is 2.23. The summed E-state index contributed by atoms with van der Waals surface area (Å²) in [6, 6.07) is 21.3. The number of anilines is 1. The first-order chi connectivity index (χ1) is 15.6. The maximum absolute atomic E-state index is 13.2. The first-order valence-electron chi connectivity index (χ1n) is 10.3. The van der Waals surface area contributed by atoms with E-state index in [9.17, 15) is 9.59 Å². The molecule has 0 saturated carbocycles. The molecule has 6 heteroatoms. The summed E-state index contributed by atoms with van der Waals surface area (Å²) >= 11 is 0. The first kappa shape index (κ1) is 21.2. The van der Waals surface area contributed by atoms with E-state index in [0.717, 1.165) is 11.3 Å². The highest BCUT2D eigenvalue weighted by atomic mass is 16.5. The third-order valence-electron chi connectivity index (χ3n) is 5.02. The van der Waals surface area contributed by atoms with E-state index in [1.54, 1.807) is 49.6 Å². The molecule has 4 rings (SSSR count). The summed E-state index contributed by atoms with van der Waals surface area (Å²) in [6.07, 6.45) is 0.153. The fourth-order valence-corrected chi connectivity index (χ4v) is 3.44. The van der Waals surface area contributed by atoms with Gasteiger partial charge in [0.2, 0.25) is 11.7 Å². The number of ether oxygens (including phenoxy) is 2. The van der Waals surface area contributed by atoms with Crippen molar-refractivity contribution in [3.63, 3.8) is 0 Å². The molecular formula is C26H23NO5. The molecule has 0 atom stereocenters. The monoisotopic (exact) mass is 429 g/mol. The molecule has 0 aliphatic carbocycles. The number of methoxy groups -OCH3 is 1. The minimum atomic E-state index is -0.316. The maximum atomic E-state index is 13.2. The number of fused-ring (bicyclic) bond motifs is 1. The van der Waals surface area contributed by atoms with Gasteiger partial charge >= 0.3 is 0 Å². The van der Waals surface area contributed by atoms with Crippen LogP contribution in [0.2, 0.25) is 0 Å². The standard InChI is InChI=1S/C26H23NO5/c1-3-31-20-14-10-18(11-15-20)25(29)26-24(21-6-4-5-7-22(21)32-26)27-23(28)16-17-8-12-19(30-2)13-9-17/h4-15H,3,16H2,1-2H3,(H,27,28). The fraction of sp³-hybridized carbons (Fsp3) is 0.154. The van der Waals surface area contributed by atoms with Crippen molar-refractivity contribution < 1.29 is 23.5 Å². The van der Waals surface area contributed by atoms with Crippen molar-refractivity contribution in [1.82, 2.24) is 0 Å². The number of carbonyl (C=O) groups excluding carboxylic acids is 2. The van der Waals surface area contributed by atoms with Crippen LogP contribution >= 0.6 is 0 Å². The Morgan fingerprint density at radius 3 is 2.28 bits per heavy atom. The highest BCUT2D eigenvalue weighted by molar-refractivity contribution is 6.17. The number of para-hydroxylation sites is 1. The minimum Gasteiger partial charge on any atom is -0.497 e. The molecule has 0 bridgehead atoms. The molecule has 1 N–H and O–H groups in total. The smallest absolute Gasteiger partial charge is 0.230 e. The molecule has 0 spiro atoms. The lowest BCUT2D eigenvalue weighted by atomic mass is 10.1. The van der Waals surface area contributed by atoms with Crippen LogP contribution < -0.4 is 14.8 Å². The molecule has 0 saturated heterocycles. The van der Waals surface area contributed by atoms with Crippen LogP contribution in [0.5, 0.6) is 11.5 Å². The van der Waals surface area contributed by atoms with E-state index in [2.05, 4.69) is 5.32 Å². The SMILES string of the molecule is CCOc1ccc(C(=O)c2oc3ccccc3c2NC(=O)Cc2ccc(OC)cc2)cc1. The molecule has 4 aromatic rings. The lowest BCUT2D eigenvalue weighted by Crippen LogP contribution is -2.16. The summed E-state index contributed by atoms with van der Waals surface area (Å²) in [5, 5.41) is 3.55. The predicted molar refractivity (Wildman–Crippen MR) is 123 cm³/mol. The third-order valence-corrected chi connectivity index (χ3v) is 5.02. The van der Waals surface area contributed by atoms with Crippen LogP contribution in [0.4, 0.5) is 5.69 Å². The van der Waals surface area contributed by atoms with Gasteiger partial charge in [0, 0.05) is 10.9 Å². The van der Waals surface area contributed by atoms with E-state index in [-0.39, 0.29) is 23.9 Å². The first-order valence-corrected chi connectivity index (χ1v) is 10.3. The van der Waals surface area contributed by atoms with E-state index in [1.807, 2.05) is 37.3 Å². The molecule has 162 valence electrons. The van der Waals surface area contributed by atoms with E-state index < -0.39 is 0 Å². The van der Waals surface area contributed by atoms with Crippen LogP contribution in [-0.2, 0) is 11.2 Å². The second-order valence-corrected chi connectivity index (χ2v) is 7.16. The Hall–Kier alpha value is -4.06. The molecule has 1 aromatic heterocycles. The normalized spacial score (nSPS) is 10.7. The number of hydrogen-bond acceptors (Lipinski definition) is 5. The average Bonchev–Trinajstić information content (AvgIpc) is 3.18. The predicted octanol–water partition coefficient (Wildman–Crippen LogP) is 5.25. The van der Waals surface area contributed by atoms with Gasteiger partial charge in [0.15, 0.2) is 5.76 Å². The van der Waals surface area contributed by atoms with E-state index in [4.69, 9.17) is 13.9 Å². The van der Waals surface area contributed by atoms with Crippen molar-refractivity contribution in [1.29, 1.82) is 0 Å². The number of benzene rings is 3. The minimum absolute atomic E-state index is 0.0958. The molecule has 6 nitrogen and oxygen atoms in total. The largest absolute Gasteiger partial charge is 0.497 e. The average molecular weight is 429 g/mol. The van der Waals surface area contributed by atoms with E-state index in [0.29, 0.717) is 34.6 Å². The van der Waals surface area contributed by atoms with Gasteiger partial charge in [-0.05, 0) is 61.0 Å². The van der Waals surface area contributed by atoms with Crippen LogP contribution in [0.1, 0.15) is 28.6 Å². The molecule has 0 aliphatic rings. The zero-order chi connectivity index (χ0) is 22.5. The Bertz CT molecular complexity index is 1240. The Morgan fingerprint density at radius 1 is 0.906 bits per heavy atom. The Morgan fingerprint density at radius 2 is 1.59 bits per heavy atom. The van der Waals surface area contributed by atoms with Crippen molar-refractivity contribution >= 4 is 28.3 Å². The molecule has 1 amide bonds. The van der Waals surface area contributed by atoms with Gasteiger partial charge in [-0.3, -0.25) is 9.59 Å². The second-order valence-electron chi connectivity index (χ2n) is 7.16. The molecule has 3 aromatic carbocycles. The number of carbonyl (C=O) groups is 2. The topological polar surface area (TPSA) is 77.8 Å². The number of rotatable bonds is 8. The van der Waals surface area contributed by atoms with Crippen LogP contribution in [0, 0.1) is 0 Å². The third kappa shape index (κ3) is 4.49. The number of nitrogens with one attached hydrogen (secondary N) is 1. The number of amides is 1. The van der Waals surface area contributed by atoms with Gasteiger partial charge in [-0.25, -0.2) is 0 Å². The van der Waals surface area contributed by atoms with Gasteiger partial charge < -0.3 is 19.2 Å². The van der Waals surface area contributed by atoms with Crippen molar-refractivity contribution in [3.8, 4) is 11.5 Å². The summed E-state index contributed by atoms with van der Waals surface area (Å²) in [5.74, 6) is 0.935. The summed E-state index contributed by atoms with van der Waals surface area (Å²) in [4.78, 5) is 26.0. The van der Waals surface area contributed by atoms with E-state index >= 15 is 0 Å². The lowest BCUT2D eigenvalue weighted by molar-refractivity contribution is -0.115. The Kier molecular flexibility index (Phi) is 6.22. The van der Waals surface area contributed by atoms with E-state index in [1.165, 1.54) is 0 Å². The van der Waals surface area contributed by atoms with Crippen LogP contribution in [0.3, 0.4) is 0 Å². The van der Waals surface area contributed by atoms with Crippen LogP contribution in [-0.4, -0.2) is 25.4 Å². The van der Waals surface area contributed by atoms with Gasteiger partial charge in [0.05, 0.1) is 25.8 Å². The van der Waals surface area contributed by atoms with Crippen LogP contribution in [0.15, 0.2) is 77.2 Å². The zero-order valence-corrected chi connectivity index (χ0v) is 17.9. The van der Waals surface area contributed by atoms with Crippen molar-refractivity contribution in [3.05, 3.63) is 89.7 Å². The molecule has 0 radical (unpaired) electrons. The quantitative estimate of drug-likeness (QED) is 0.387. The fourth-order valence-electron chi connectivity index (χ4n) is 3.44. The van der Waals surface area contributed by atoms with Crippen molar-refractivity contribution in [2.45, 2.75) is 13.3 Å².